The Labute approximate surface area is 192 Å². The third-order valence-electron chi connectivity index (χ3n) is 6.10. The van der Waals surface area contributed by atoms with E-state index in [4.69, 9.17) is 10.0 Å². The van der Waals surface area contributed by atoms with Gasteiger partial charge in [-0.3, -0.25) is 0 Å². The number of carboxylic acids is 1. The normalized spacial score (nSPS) is 16.2. The predicted molar refractivity (Wildman–Crippen MR) is 127 cm³/mol. The number of benzene rings is 3. The van der Waals surface area contributed by atoms with Crippen LogP contribution in [0, 0.1) is 0 Å². The minimum atomic E-state index is -1.31. The van der Waals surface area contributed by atoms with Crippen LogP contribution in [0.3, 0.4) is 0 Å². The van der Waals surface area contributed by atoms with Gasteiger partial charge in [-0.1, -0.05) is 83.1 Å². The first-order valence-electron chi connectivity index (χ1n) is 11.0. The monoisotopic (exact) mass is 442 g/mol. The van der Waals surface area contributed by atoms with Gasteiger partial charge in [0.25, 0.3) is 0 Å². The fourth-order valence-corrected chi connectivity index (χ4v) is 4.40. The highest BCUT2D eigenvalue weighted by Gasteiger charge is 2.21. The molecule has 33 heavy (non-hydrogen) atoms. The second kappa shape index (κ2) is 10.1. The Kier molecular flexibility index (Phi) is 6.83. The van der Waals surface area contributed by atoms with Gasteiger partial charge in [0, 0.05) is 17.0 Å². The lowest BCUT2D eigenvalue weighted by molar-refractivity contribution is -0.129. The van der Waals surface area contributed by atoms with Crippen molar-refractivity contribution in [1.29, 1.82) is 0 Å². The molecule has 0 bridgehead atoms. The lowest BCUT2D eigenvalue weighted by atomic mass is 9.79. The summed E-state index contributed by atoms with van der Waals surface area (Å²) in [5.41, 5.74) is 6.27. The van der Waals surface area contributed by atoms with Crippen LogP contribution in [0.5, 0.6) is 0 Å². The number of carbonyl (C=O) groups is 1. The Morgan fingerprint density at radius 3 is 2.52 bits per heavy atom. The molecule has 1 unspecified atom stereocenters. The van der Waals surface area contributed by atoms with Gasteiger partial charge in [-0.15, -0.1) is 0 Å². The molecule has 0 radical (unpaired) electrons. The van der Waals surface area contributed by atoms with E-state index in [-0.39, 0.29) is 12.2 Å². The van der Waals surface area contributed by atoms with E-state index >= 15 is 0 Å². The number of hydrogen-bond donors (Lipinski definition) is 2. The largest absolute Gasteiger partial charge is 0.476 e. The maximum atomic E-state index is 11.3. The average molecular weight is 443 g/mol. The molecule has 0 aromatic heterocycles. The van der Waals surface area contributed by atoms with Crippen molar-refractivity contribution in [2.45, 2.75) is 38.7 Å². The highest BCUT2D eigenvalue weighted by atomic mass is 16.6. The van der Waals surface area contributed by atoms with Crippen molar-refractivity contribution in [3.05, 3.63) is 106 Å². The topological polar surface area (TPSA) is 91.5 Å². The van der Waals surface area contributed by atoms with Gasteiger partial charge >= 0.3 is 5.97 Å². The molecular weight excluding hydrogens is 416 g/mol. The Hall–Kier alpha value is -3.93. The first-order valence-corrected chi connectivity index (χ1v) is 11.0. The second-order valence-corrected chi connectivity index (χ2v) is 8.13. The lowest BCUT2D eigenvalue weighted by Crippen LogP contribution is -2.16. The highest BCUT2D eigenvalue weighted by molar-refractivity contribution is 6.42. The van der Waals surface area contributed by atoms with Crippen molar-refractivity contribution < 1.29 is 19.9 Å². The van der Waals surface area contributed by atoms with Gasteiger partial charge in [-0.2, -0.15) is 0 Å². The molecule has 3 aromatic rings. The van der Waals surface area contributed by atoms with Crippen LogP contribution in [0.2, 0.25) is 0 Å². The summed E-state index contributed by atoms with van der Waals surface area (Å²) >= 11 is 0. The molecule has 0 aliphatic heterocycles. The molecule has 0 amide bonds. The summed E-state index contributed by atoms with van der Waals surface area (Å²) in [5.74, 6) is -0.893. The van der Waals surface area contributed by atoms with E-state index in [2.05, 4.69) is 58.8 Å². The van der Waals surface area contributed by atoms with Crippen molar-refractivity contribution in [2.24, 2.45) is 10.3 Å². The zero-order chi connectivity index (χ0) is 23.2. The SMILES string of the molecule is C/C(=N\OCc1ccccc1/C(=N\O)C(=O)O)c1ccc(C2CCCc3ccccc32)cc1. The summed E-state index contributed by atoms with van der Waals surface area (Å²) in [5, 5.41) is 25.4. The highest BCUT2D eigenvalue weighted by Crippen LogP contribution is 2.36. The van der Waals surface area contributed by atoms with E-state index in [9.17, 15) is 9.90 Å². The predicted octanol–water partition coefficient (Wildman–Crippen LogP) is 5.36. The van der Waals surface area contributed by atoms with Crippen molar-refractivity contribution in [3.8, 4) is 0 Å². The van der Waals surface area contributed by atoms with Gasteiger partial charge < -0.3 is 15.2 Å². The van der Waals surface area contributed by atoms with Crippen LogP contribution in [0.1, 0.15) is 59.1 Å². The molecular formula is C27H26N2O4. The van der Waals surface area contributed by atoms with Gasteiger partial charge in [-0.05, 0) is 48.4 Å². The molecule has 0 fully saturated rings. The van der Waals surface area contributed by atoms with E-state index in [0.29, 0.717) is 11.5 Å². The summed E-state index contributed by atoms with van der Waals surface area (Å²) in [6.07, 6.45) is 3.50. The summed E-state index contributed by atoms with van der Waals surface area (Å²) in [6, 6.07) is 23.9. The van der Waals surface area contributed by atoms with E-state index < -0.39 is 11.7 Å². The molecule has 0 heterocycles. The minimum absolute atomic E-state index is 0.0523. The van der Waals surface area contributed by atoms with Crippen LogP contribution in [0.4, 0.5) is 0 Å². The number of hydrogen-bond acceptors (Lipinski definition) is 5. The standard InChI is InChI=1S/C27H26N2O4/c1-18(29-33-17-22-8-3-5-11-25(22)26(28-32)27(30)31)19-13-15-21(16-14-19)24-12-6-9-20-7-2-4-10-23(20)24/h2-5,7-8,10-11,13-16,24,32H,6,9,12,17H2,1H3,(H,30,31)/b28-26+,29-18+. The first kappa shape index (κ1) is 22.3. The van der Waals surface area contributed by atoms with Crippen LogP contribution in [0.15, 0.2) is 83.1 Å². The molecule has 1 atom stereocenters. The molecule has 3 aromatic carbocycles. The second-order valence-electron chi connectivity index (χ2n) is 8.13. The number of aliphatic carboxylic acids is 1. The third-order valence-corrected chi connectivity index (χ3v) is 6.10. The number of nitrogens with zero attached hydrogens (tertiary/aromatic N) is 2. The summed E-state index contributed by atoms with van der Waals surface area (Å²) in [4.78, 5) is 16.8. The Morgan fingerprint density at radius 2 is 1.76 bits per heavy atom. The first-order chi connectivity index (χ1) is 16.1. The average Bonchev–Trinajstić information content (AvgIpc) is 2.85. The van der Waals surface area contributed by atoms with Gasteiger partial charge in [0.2, 0.25) is 0 Å². The van der Waals surface area contributed by atoms with Gasteiger partial charge in [0.15, 0.2) is 5.71 Å². The number of fused-ring (bicyclic) bond motifs is 1. The molecule has 6 nitrogen and oxygen atoms in total. The van der Waals surface area contributed by atoms with Gasteiger partial charge in [0.05, 0.1) is 5.71 Å². The Balaban J connectivity index is 1.46. The number of rotatable bonds is 7. The smallest absolute Gasteiger partial charge is 0.358 e. The Morgan fingerprint density at radius 1 is 1.03 bits per heavy atom. The van der Waals surface area contributed by atoms with Crippen LogP contribution in [0.25, 0.3) is 0 Å². The van der Waals surface area contributed by atoms with Crippen LogP contribution < -0.4 is 0 Å². The maximum absolute atomic E-state index is 11.3. The van der Waals surface area contributed by atoms with Crippen molar-refractivity contribution in [1.82, 2.24) is 0 Å². The lowest BCUT2D eigenvalue weighted by Gasteiger charge is -2.26. The Bertz CT molecular complexity index is 1200. The minimum Gasteiger partial charge on any atom is -0.476 e. The summed E-state index contributed by atoms with van der Waals surface area (Å²) in [7, 11) is 0. The molecule has 168 valence electrons. The quantitative estimate of drug-likeness (QED) is 0.293. The molecule has 1 aliphatic rings. The summed E-state index contributed by atoms with van der Waals surface area (Å²) in [6.45, 7) is 1.92. The molecule has 0 saturated heterocycles. The van der Waals surface area contributed by atoms with Crippen molar-refractivity contribution >= 4 is 17.4 Å². The maximum Gasteiger partial charge on any atom is 0.358 e. The van der Waals surface area contributed by atoms with Gasteiger partial charge in [0.1, 0.15) is 6.61 Å². The molecule has 0 spiro atoms. The molecule has 1 aliphatic carbocycles. The third kappa shape index (κ3) is 4.95. The van der Waals surface area contributed by atoms with E-state index in [1.54, 1.807) is 24.3 Å². The molecule has 6 heteroatoms. The van der Waals surface area contributed by atoms with E-state index in [1.165, 1.54) is 23.1 Å². The molecule has 2 N–H and O–H groups in total. The van der Waals surface area contributed by atoms with E-state index in [0.717, 1.165) is 24.1 Å². The zero-order valence-electron chi connectivity index (χ0n) is 18.4. The van der Waals surface area contributed by atoms with Gasteiger partial charge in [-0.25, -0.2) is 4.79 Å². The zero-order valence-corrected chi connectivity index (χ0v) is 18.4. The fraction of sp³-hybridized carbons (Fsp3) is 0.222. The number of carboxylic acid groups (broad SMARTS) is 1. The van der Waals surface area contributed by atoms with Crippen LogP contribution in [-0.2, 0) is 22.7 Å². The number of aryl methyl sites for hydroxylation is 1. The summed E-state index contributed by atoms with van der Waals surface area (Å²) < 4.78 is 0. The molecule has 4 rings (SSSR count). The number of oxime groups is 2. The van der Waals surface area contributed by atoms with Crippen LogP contribution in [-0.4, -0.2) is 27.7 Å². The van der Waals surface area contributed by atoms with E-state index in [1.807, 2.05) is 6.92 Å². The van der Waals surface area contributed by atoms with Crippen LogP contribution >= 0.6 is 0 Å². The molecule has 0 saturated carbocycles. The van der Waals surface area contributed by atoms with Crippen molar-refractivity contribution in [3.63, 3.8) is 0 Å². The van der Waals surface area contributed by atoms with Crippen molar-refractivity contribution in [2.75, 3.05) is 0 Å². The fourth-order valence-electron chi connectivity index (χ4n) is 4.40.